The molecule has 0 spiro atoms. The van der Waals surface area contributed by atoms with E-state index in [1.807, 2.05) is 4.57 Å². The van der Waals surface area contributed by atoms with Crippen LogP contribution in [0.25, 0.3) is 0 Å². The van der Waals surface area contributed by atoms with E-state index in [0.29, 0.717) is 17.3 Å². The van der Waals surface area contributed by atoms with E-state index >= 15 is 0 Å². The Morgan fingerprint density at radius 2 is 2.15 bits per heavy atom. The van der Waals surface area contributed by atoms with Gasteiger partial charge in [-0.05, 0) is 31.7 Å². The monoisotopic (exact) mass is 286 g/mol. The van der Waals surface area contributed by atoms with Gasteiger partial charge in [-0.3, -0.25) is 5.41 Å². The Balaban J connectivity index is 2.06. The van der Waals surface area contributed by atoms with E-state index in [4.69, 9.17) is 5.41 Å². The first-order valence-electron chi connectivity index (χ1n) is 6.98. The van der Waals surface area contributed by atoms with Crippen LogP contribution < -0.4 is 4.80 Å². The highest BCUT2D eigenvalue weighted by atomic mass is 32.1. The molecule has 1 aliphatic carbocycles. The predicted molar refractivity (Wildman–Crippen MR) is 80.2 cm³/mol. The van der Waals surface area contributed by atoms with Crippen molar-refractivity contribution in [1.82, 2.24) is 4.57 Å². The molecule has 2 aromatic rings. The summed E-state index contributed by atoms with van der Waals surface area (Å²) in [6.45, 7) is 2.41. The van der Waals surface area contributed by atoms with Gasteiger partial charge in [0.1, 0.15) is 6.29 Å². The maximum Gasteiger partial charge on any atom is 0.182 e. The summed E-state index contributed by atoms with van der Waals surface area (Å²) in [5.74, 6) is 0.390. The molecule has 0 bridgehead atoms. The molecule has 1 aliphatic rings. The molecule has 1 heterocycles. The van der Waals surface area contributed by atoms with Crippen LogP contribution >= 0.6 is 11.3 Å². The minimum atomic E-state index is 0.311. The number of carbonyl (C=O) groups excluding carboxylic acids is 1. The first-order valence-corrected chi connectivity index (χ1v) is 7.79. The lowest BCUT2D eigenvalue weighted by Crippen LogP contribution is -2.19. The number of aryl methyl sites for hydroxylation is 1. The number of nitrogens with zero attached hydrogens (tertiary/aromatic N) is 1. The summed E-state index contributed by atoms with van der Waals surface area (Å²) >= 11 is 1.53. The fraction of sp³-hybridized carbons (Fsp3) is 0.375. The highest BCUT2D eigenvalue weighted by Crippen LogP contribution is 2.38. The van der Waals surface area contributed by atoms with Gasteiger partial charge >= 0.3 is 0 Å². The summed E-state index contributed by atoms with van der Waals surface area (Å²) in [6, 6.07) is 8.70. The number of carbonyl (C=O) groups is 1. The summed E-state index contributed by atoms with van der Waals surface area (Å²) in [5.41, 5.74) is 3.80. The molecule has 1 atom stereocenters. The average Bonchev–Trinajstić information content (AvgIpc) is 2.77. The number of aldehydes is 1. The zero-order chi connectivity index (χ0) is 14.1. The molecule has 3 rings (SSSR count). The molecule has 3 nitrogen and oxygen atoms in total. The minimum Gasteiger partial charge on any atom is -0.314 e. The zero-order valence-corrected chi connectivity index (χ0v) is 12.4. The summed E-state index contributed by atoms with van der Waals surface area (Å²) in [6.07, 6.45) is 4.14. The van der Waals surface area contributed by atoms with Crippen LogP contribution in [-0.4, -0.2) is 10.9 Å². The van der Waals surface area contributed by atoms with Crippen molar-refractivity contribution >= 4 is 17.6 Å². The summed E-state index contributed by atoms with van der Waals surface area (Å²) in [4.78, 5) is 12.6. The zero-order valence-electron chi connectivity index (χ0n) is 11.6. The Morgan fingerprint density at radius 3 is 2.85 bits per heavy atom. The van der Waals surface area contributed by atoms with Gasteiger partial charge in [-0.2, -0.15) is 0 Å². The normalized spacial score (nSPS) is 17.8. The first-order chi connectivity index (χ1) is 9.70. The number of fused-ring (bicyclic) bond motifs is 1. The maximum atomic E-state index is 10.8. The molecule has 4 heteroatoms. The SMILES string of the molecule is Cc1ccc(C2CCCc3c2sc(=N)n3CC=O)cc1. The van der Waals surface area contributed by atoms with Crippen molar-refractivity contribution in [1.29, 1.82) is 5.41 Å². The molecule has 0 radical (unpaired) electrons. The summed E-state index contributed by atoms with van der Waals surface area (Å²) in [7, 11) is 0. The van der Waals surface area contributed by atoms with Crippen molar-refractivity contribution in [2.24, 2.45) is 0 Å². The quantitative estimate of drug-likeness (QED) is 0.866. The third-order valence-corrected chi connectivity index (χ3v) is 5.18. The average molecular weight is 286 g/mol. The lowest BCUT2D eigenvalue weighted by atomic mass is 9.86. The number of hydrogen-bond acceptors (Lipinski definition) is 3. The van der Waals surface area contributed by atoms with Gasteiger partial charge in [-0.1, -0.05) is 29.8 Å². The molecule has 0 fully saturated rings. The minimum absolute atomic E-state index is 0.311. The van der Waals surface area contributed by atoms with E-state index < -0.39 is 0 Å². The second-order valence-electron chi connectivity index (χ2n) is 5.35. The highest BCUT2D eigenvalue weighted by molar-refractivity contribution is 7.09. The van der Waals surface area contributed by atoms with Gasteiger partial charge < -0.3 is 9.36 Å². The largest absolute Gasteiger partial charge is 0.314 e. The number of hydrogen-bond donors (Lipinski definition) is 1. The van der Waals surface area contributed by atoms with Crippen molar-refractivity contribution in [2.75, 3.05) is 0 Å². The van der Waals surface area contributed by atoms with Crippen molar-refractivity contribution in [3.05, 3.63) is 50.8 Å². The third-order valence-electron chi connectivity index (χ3n) is 4.02. The number of benzene rings is 1. The van der Waals surface area contributed by atoms with E-state index in [-0.39, 0.29) is 0 Å². The standard InChI is InChI=1S/C16H18N2OS/c1-11-5-7-12(8-6-11)13-3-2-4-14-15(13)20-16(17)18(14)9-10-19/h5-8,10,13,17H,2-4,9H2,1H3. The Hall–Kier alpha value is -1.68. The van der Waals surface area contributed by atoms with Crippen LogP contribution in [0.3, 0.4) is 0 Å². The van der Waals surface area contributed by atoms with Crippen molar-refractivity contribution in [2.45, 2.75) is 38.6 Å². The molecule has 1 N–H and O–H groups in total. The van der Waals surface area contributed by atoms with E-state index in [1.54, 1.807) is 0 Å². The van der Waals surface area contributed by atoms with E-state index in [1.165, 1.54) is 33.0 Å². The molecule has 1 aromatic carbocycles. The van der Waals surface area contributed by atoms with Gasteiger partial charge in [0.2, 0.25) is 0 Å². The van der Waals surface area contributed by atoms with Crippen molar-refractivity contribution in [3.63, 3.8) is 0 Å². The summed E-state index contributed by atoms with van der Waals surface area (Å²) in [5, 5.41) is 8.08. The number of aromatic nitrogens is 1. The molecular weight excluding hydrogens is 268 g/mol. The molecule has 0 amide bonds. The lowest BCUT2D eigenvalue weighted by Gasteiger charge is -2.23. The van der Waals surface area contributed by atoms with Crippen LogP contribution in [0.1, 0.15) is 40.5 Å². The van der Waals surface area contributed by atoms with Gasteiger partial charge in [-0.25, -0.2) is 0 Å². The van der Waals surface area contributed by atoms with Gasteiger partial charge in [0.25, 0.3) is 0 Å². The fourth-order valence-corrected chi connectivity index (χ4v) is 4.22. The number of thiazole rings is 1. The van der Waals surface area contributed by atoms with Gasteiger partial charge in [-0.15, -0.1) is 11.3 Å². The molecule has 0 aliphatic heterocycles. The molecule has 20 heavy (non-hydrogen) atoms. The Bertz CT molecular complexity index is 681. The van der Waals surface area contributed by atoms with E-state index in [0.717, 1.165) is 25.5 Å². The van der Waals surface area contributed by atoms with Crippen molar-refractivity contribution in [3.8, 4) is 0 Å². The molecule has 1 unspecified atom stereocenters. The molecule has 0 saturated carbocycles. The van der Waals surface area contributed by atoms with E-state index in [2.05, 4.69) is 31.2 Å². The Morgan fingerprint density at radius 1 is 1.40 bits per heavy atom. The molecule has 0 saturated heterocycles. The van der Waals surface area contributed by atoms with Crippen LogP contribution in [0, 0.1) is 12.3 Å². The van der Waals surface area contributed by atoms with Gasteiger partial charge in [0.15, 0.2) is 4.80 Å². The van der Waals surface area contributed by atoms with Crippen LogP contribution in [0.2, 0.25) is 0 Å². The number of nitrogens with one attached hydrogen (secondary N) is 1. The second-order valence-corrected chi connectivity index (χ2v) is 6.38. The topological polar surface area (TPSA) is 45.9 Å². The Kier molecular flexibility index (Phi) is 3.57. The van der Waals surface area contributed by atoms with E-state index in [9.17, 15) is 4.79 Å². The fourth-order valence-electron chi connectivity index (χ4n) is 2.99. The Labute approximate surface area is 122 Å². The first kappa shape index (κ1) is 13.3. The number of rotatable bonds is 3. The second kappa shape index (κ2) is 5.37. The predicted octanol–water partition coefficient (Wildman–Crippen LogP) is 3.00. The summed E-state index contributed by atoms with van der Waals surface area (Å²) < 4.78 is 1.87. The van der Waals surface area contributed by atoms with Gasteiger partial charge in [0.05, 0.1) is 6.54 Å². The van der Waals surface area contributed by atoms with Crippen LogP contribution in [-0.2, 0) is 17.8 Å². The molecule has 1 aromatic heterocycles. The molecular formula is C16H18N2OS. The lowest BCUT2D eigenvalue weighted by molar-refractivity contribution is -0.108. The highest BCUT2D eigenvalue weighted by Gasteiger charge is 2.26. The van der Waals surface area contributed by atoms with Gasteiger partial charge in [0, 0.05) is 16.5 Å². The van der Waals surface area contributed by atoms with Crippen LogP contribution in [0.4, 0.5) is 0 Å². The van der Waals surface area contributed by atoms with Crippen LogP contribution in [0.5, 0.6) is 0 Å². The molecule has 104 valence electrons. The van der Waals surface area contributed by atoms with Crippen molar-refractivity contribution < 1.29 is 4.79 Å². The smallest absolute Gasteiger partial charge is 0.182 e. The maximum absolute atomic E-state index is 10.8. The van der Waals surface area contributed by atoms with Crippen LogP contribution in [0.15, 0.2) is 24.3 Å². The third kappa shape index (κ3) is 2.24.